The molecular formula is C19H29N4O6P. The Balaban J connectivity index is 2.32. The van der Waals surface area contributed by atoms with Crippen molar-refractivity contribution in [1.82, 2.24) is 9.55 Å². The van der Waals surface area contributed by atoms with Crippen molar-refractivity contribution in [3.63, 3.8) is 0 Å². The molecule has 2 unspecified atom stereocenters. The lowest BCUT2D eigenvalue weighted by Crippen LogP contribution is -2.44. The summed E-state index contributed by atoms with van der Waals surface area (Å²) in [5, 5.41) is 11.2. The van der Waals surface area contributed by atoms with E-state index < -0.39 is 38.1 Å². The van der Waals surface area contributed by atoms with E-state index >= 15 is 0 Å². The highest BCUT2D eigenvalue weighted by Crippen LogP contribution is 2.49. The van der Waals surface area contributed by atoms with Gasteiger partial charge in [-0.15, -0.1) is 0 Å². The monoisotopic (exact) mass is 440 g/mol. The lowest BCUT2D eigenvalue weighted by atomic mass is 9.90. The van der Waals surface area contributed by atoms with Crippen LogP contribution in [0.5, 0.6) is 0 Å². The van der Waals surface area contributed by atoms with Crippen molar-refractivity contribution in [2.24, 2.45) is 0 Å². The van der Waals surface area contributed by atoms with E-state index in [0.29, 0.717) is 12.8 Å². The summed E-state index contributed by atoms with van der Waals surface area (Å²) in [6.45, 7) is 7.43. The van der Waals surface area contributed by atoms with Crippen LogP contribution in [0.2, 0.25) is 0 Å². The molecule has 1 aromatic rings. The molecule has 0 bridgehead atoms. The Labute approximate surface area is 177 Å². The quantitative estimate of drug-likeness (QED) is 0.435. The van der Waals surface area contributed by atoms with E-state index in [0.717, 1.165) is 0 Å². The molecule has 0 saturated carbocycles. The SMILES string of the molecule is CCC1(CC)O[C@@H](n2ccc(NC(C)=O)nc2=O)[C@@H](OC)C1OP(C)OCCC#N. The van der Waals surface area contributed by atoms with Crippen molar-refractivity contribution in [3.8, 4) is 6.07 Å². The van der Waals surface area contributed by atoms with Gasteiger partial charge in [0.15, 0.2) is 14.6 Å². The Morgan fingerprint density at radius 3 is 2.70 bits per heavy atom. The van der Waals surface area contributed by atoms with Crippen LogP contribution in [0, 0.1) is 11.3 Å². The summed E-state index contributed by atoms with van der Waals surface area (Å²) in [5.74, 6) is -0.146. The van der Waals surface area contributed by atoms with E-state index in [9.17, 15) is 9.59 Å². The van der Waals surface area contributed by atoms with Gasteiger partial charge in [0.1, 0.15) is 18.0 Å². The summed E-state index contributed by atoms with van der Waals surface area (Å²) >= 11 is 0. The van der Waals surface area contributed by atoms with Crippen LogP contribution in [0.1, 0.15) is 46.3 Å². The van der Waals surface area contributed by atoms with Gasteiger partial charge < -0.3 is 23.8 Å². The van der Waals surface area contributed by atoms with Gasteiger partial charge in [-0.25, -0.2) is 4.79 Å². The molecule has 0 radical (unpaired) electrons. The van der Waals surface area contributed by atoms with Crippen LogP contribution in [0.4, 0.5) is 5.82 Å². The summed E-state index contributed by atoms with van der Waals surface area (Å²) in [6, 6.07) is 3.57. The van der Waals surface area contributed by atoms with E-state index in [1.54, 1.807) is 0 Å². The van der Waals surface area contributed by atoms with Gasteiger partial charge in [-0.2, -0.15) is 10.2 Å². The number of methoxy groups -OCH3 is 1. The van der Waals surface area contributed by atoms with Crippen molar-refractivity contribution in [2.45, 2.75) is 64.1 Å². The number of amides is 1. The number of nitrogens with zero attached hydrogens (tertiary/aromatic N) is 3. The van der Waals surface area contributed by atoms with Crippen molar-refractivity contribution in [1.29, 1.82) is 5.26 Å². The smallest absolute Gasteiger partial charge is 0.351 e. The van der Waals surface area contributed by atoms with Crippen LogP contribution < -0.4 is 11.0 Å². The third-order valence-electron chi connectivity index (χ3n) is 5.08. The maximum absolute atomic E-state index is 12.6. The van der Waals surface area contributed by atoms with Crippen molar-refractivity contribution >= 4 is 20.1 Å². The van der Waals surface area contributed by atoms with Crippen LogP contribution in [0.25, 0.3) is 0 Å². The van der Waals surface area contributed by atoms with Crippen molar-refractivity contribution < 1.29 is 23.3 Å². The molecule has 1 aromatic heterocycles. The highest BCUT2D eigenvalue weighted by atomic mass is 31.2. The van der Waals surface area contributed by atoms with Crippen LogP contribution in [0.15, 0.2) is 17.1 Å². The maximum atomic E-state index is 12.6. The lowest BCUT2D eigenvalue weighted by Gasteiger charge is -2.34. The molecule has 10 nitrogen and oxygen atoms in total. The second-order valence-corrected chi connectivity index (χ2v) is 8.22. The number of ether oxygens (including phenoxy) is 2. The summed E-state index contributed by atoms with van der Waals surface area (Å²) in [4.78, 5) is 27.8. The normalized spacial score (nSPS) is 23.7. The van der Waals surface area contributed by atoms with Gasteiger partial charge in [0, 0.05) is 26.9 Å². The first-order valence-electron chi connectivity index (χ1n) is 9.79. The fourth-order valence-electron chi connectivity index (χ4n) is 3.52. The molecule has 11 heteroatoms. The predicted octanol–water partition coefficient (Wildman–Crippen LogP) is 2.56. The molecule has 2 heterocycles. The molecule has 0 aromatic carbocycles. The summed E-state index contributed by atoms with van der Waals surface area (Å²) in [6.07, 6.45) is 1.25. The molecule has 0 spiro atoms. The molecule has 30 heavy (non-hydrogen) atoms. The minimum Gasteiger partial charge on any atom is -0.374 e. The Bertz CT molecular complexity index is 822. The molecule has 1 saturated heterocycles. The number of anilines is 1. The van der Waals surface area contributed by atoms with Gasteiger partial charge in [0.25, 0.3) is 0 Å². The summed E-state index contributed by atoms with van der Waals surface area (Å²) in [7, 11) is 0.261. The van der Waals surface area contributed by atoms with E-state index in [4.69, 9.17) is 23.8 Å². The molecule has 0 aliphatic carbocycles. The lowest BCUT2D eigenvalue weighted by molar-refractivity contribution is -0.114. The fourth-order valence-corrected chi connectivity index (χ4v) is 4.56. The largest absolute Gasteiger partial charge is 0.374 e. The Morgan fingerprint density at radius 1 is 1.47 bits per heavy atom. The first-order chi connectivity index (χ1) is 14.3. The first-order valence-corrected chi connectivity index (χ1v) is 11.4. The Hall–Kier alpha value is -1.89. The average Bonchev–Trinajstić information content (AvgIpc) is 3.01. The Morgan fingerprint density at radius 2 is 2.17 bits per heavy atom. The number of aromatic nitrogens is 2. The first kappa shape index (κ1) is 24.4. The molecule has 2 rings (SSSR count). The number of hydrogen-bond acceptors (Lipinski definition) is 8. The standard InChI is InChI=1S/C19H29N4O6P/c1-6-19(7-2)16(29-30(5)27-12-8-10-20)15(26-4)17(28-19)23-11-9-14(21-13(3)24)22-18(23)25/h9,11,15-17H,6-8,12H2,1-5H3,(H,21,22,24,25)/t15-,16?,17+,30?/m0/s1. The minimum absolute atomic E-state index is 0.170. The van der Waals surface area contributed by atoms with Crippen LogP contribution in [-0.4, -0.2) is 53.6 Å². The third kappa shape index (κ3) is 5.42. The predicted molar refractivity (Wildman–Crippen MR) is 111 cm³/mol. The number of rotatable bonds is 10. The summed E-state index contributed by atoms with van der Waals surface area (Å²) < 4.78 is 25.3. The molecule has 166 valence electrons. The zero-order valence-electron chi connectivity index (χ0n) is 18.0. The van der Waals surface area contributed by atoms with Gasteiger partial charge >= 0.3 is 5.69 Å². The number of carbonyl (C=O) groups is 1. The maximum Gasteiger partial charge on any atom is 0.351 e. The minimum atomic E-state index is -1.28. The van der Waals surface area contributed by atoms with E-state index in [-0.39, 0.29) is 24.8 Å². The van der Waals surface area contributed by atoms with Crippen LogP contribution in [-0.2, 0) is 23.3 Å². The second kappa shape index (κ2) is 10.9. The van der Waals surface area contributed by atoms with E-state index in [2.05, 4.69) is 10.3 Å². The third-order valence-corrected chi connectivity index (χ3v) is 6.15. The molecule has 4 atom stereocenters. The highest BCUT2D eigenvalue weighted by molar-refractivity contribution is 7.46. The molecular weight excluding hydrogens is 411 g/mol. The fraction of sp³-hybridized carbons (Fsp3) is 0.684. The van der Waals surface area contributed by atoms with Gasteiger partial charge in [-0.1, -0.05) is 13.8 Å². The second-order valence-electron chi connectivity index (χ2n) is 6.87. The van der Waals surface area contributed by atoms with E-state index in [1.807, 2.05) is 26.6 Å². The van der Waals surface area contributed by atoms with Crippen molar-refractivity contribution in [3.05, 3.63) is 22.7 Å². The molecule has 1 aliphatic heterocycles. The number of nitriles is 1. The van der Waals surface area contributed by atoms with Gasteiger partial charge in [0.05, 0.1) is 24.7 Å². The Kier molecular flexibility index (Phi) is 8.89. The van der Waals surface area contributed by atoms with Gasteiger partial charge in [-0.05, 0) is 18.9 Å². The van der Waals surface area contributed by atoms with Crippen molar-refractivity contribution in [2.75, 3.05) is 25.7 Å². The van der Waals surface area contributed by atoms with Gasteiger partial charge in [0.2, 0.25) is 5.91 Å². The van der Waals surface area contributed by atoms with Crippen LogP contribution >= 0.6 is 8.38 Å². The topological polar surface area (TPSA) is 125 Å². The molecule has 1 fully saturated rings. The zero-order chi connectivity index (χ0) is 22.3. The molecule has 1 N–H and O–H groups in total. The molecule has 1 aliphatic rings. The number of nitrogens with one attached hydrogen (secondary N) is 1. The average molecular weight is 440 g/mol. The zero-order valence-corrected chi connectivity index (χ0v) is 18.8. The molecule has 1 amide bonds. The van der Waals surface area contributed by atoms with Gasteiger partial charge in [-0.3, -0.25) is 9.36 Å². The van der Waals surface area contributed by atoms with E-state index in [1.165, 1.54) is 30.9 Å². The number of carbonyl (C=O) groups excluding carboxylic acids is 1. The van der Waals surface area contributed by atoms with Crippen LogP contribution in [0.3, 0.4) is 0 Å². The highest BCUT2D eigenvalue weighted by Gasteiger charge is 2.56. The summed E-state index contributed by atoms with van der Waals surface area (Å²) in [5.41, 5.74) is -1.25. The number of hydrogen-bond donors (Lipinski definition) is 1.